The fourth-order valence-corrected chi connectivity index (χ4v) is 3.89. The van der Waals surface area contributed by atoms with Gasteiger partial charge < -0.3 is 9.64 Å². The van der Waals surface area contributed by atoms with Crippen molar-refractivity contribution in [2.45, 2.75) is 44.9 Å². The predicted molar refractivity (Wildman–Crippen MR) is 87.7 cm³/mol. The largest absolute Gasteiger partial charge is 0.376 e. The second kappa shape index (κ2) is 7.71. The highest BCUT2D eigenvalue weighted by molar-refractivity contribution is 5.16. The van der Waals surface area contributed by atoms with E-state index in [1.807, 2.05) is 19.1 Å². The standard InChI is InChI=1S/C19H27F2NO/c1-14-18(21)8-10-23-19(14)13-22-9-2-3-16(12-22)11-15-4-6-17(20)7-5-15/h4-7,14,16,18-19H,2-3,8-13H2,1H3/t14-,16+,18+,19-/m1/s1. The van der Waals surface area contributed by atoms with Crippen LogP contribution < -0.4 is 0 Å². The van der Waals surface area contributed by atoms with E-state index in [-0.39, 0.29) is 17.8 Å². The Bertz CT molecular complexity index is 493. The second-order valence-electron chi connectivity index (χ2n) is 7.17. The second-order valence-corrected chi connectivity index (χ2v) is 7.17. The predicted octanol–water partition coefficient (Wildman–Crippen LogP) is 3.84. The molecule has 0 amide bonds. The molecule has 2 heterocycles. The van der Waals surface area contributed by atoms with Crippen LogP contribution in [-0.2, 0) is 11.2 Å². The molecule has 4 atom stereocenters. The highest BCUT2D eigenvalue weighted by atomic mass is 19.1. The Labute approximate surface area is 137 Å². The minimum Gasteiger partial charge on any atom is -0.376 e. The van der Waals surface area contributed by atoms with Gasteiger partial charge in [-0.15, -0.1) is 0 Å². The Balaban J connectivity index is 1.52. The number of rotatable bonds is 4. The van der Waals surface area contributed by atoms with Crippen molar-refractivity contribution in [3.05, 3.63) is 35.6 Å². The first-order valence-corrected chi connectivity index (χ1v) is 8.84. The molecule has 23 heavy (non-hydrogen) atoms. The van der Waals surface area contributed by atoms with E-state index in [2.05, 4.69) is 4.90 Å². The van der Waals surface area contributed by atoms with Gasteiger partial charge >= 0.3 is 0 Å². The normalized spacial score (nSPS) is 32.8. The fourth-order valence-electron chi connectivity index (χ4n) is 3.89. The van der Waals surface area contributed by atoms with E-state index in [0.29, 0.717) is 18.9 Å². The van der Waals surface area contributed by atoms with Crippen molar-refractivity contribution in [3.63, 3.8) is 0 Å². The van der Waals surface area contributed by atoms with Crippen LogP contribution in [0.4, 0.5) is 8.78 Å². The van der Waals surface area contributed by atoms with Crippen LogP contribution in [0.1, 0.15) is 31.7 Å². The smallest absolute Gasteiger partial charge is 0.123 e. The van der Waals surface area contributed by atoms with Gasteiger partial charge in [-0.2, -0.15) is 0 Å². The van der Waals surface area contributed by atoms with Gasteiger partial charge in [0.05, 0.1) is 6.10 Å². The van der Waals surface area contributed by atoms with Gasteiger partial charge in [0.25, 0.3) is 0 Å². The molecule has 0 bridgehead atoms. The van der Waals surface area contributed by atoms with Crippen molar-refractivity contribution in [1.82, 2.24) is 4.90 Å². The Kier molecular flexibility index (Phi) is 5.65. The van der Waals surface area contributed by atoms with Crippen LogP contribution in [0, 0.1) is 17.7 Å². The molecular weight excluding hydrogens is 296 g/mol. The summed E-state index contributed by atoms with van der Waals surface area (Å²) >= 11 is 0. The summed E-state index contributed by atoms with van der Waals surface area (Å²) in [5.41, 5.74) is 1.20. The molecule has 0 aromatic heterocycles. The third-order valence-electron chi connectivity index (χ3n) is 5.36. The number of alkyl halides is 1. The summed E-state index contributed by atoms with van der Waals surface area (Å²) in [5.74, 6) is 0.402. The van der Waals surface area contributed by atoms with Crippen molar-refractivity contribution >= 4 is 0 Å². The molecule has 3 rings (SSSR count). The SMILES string of the molecule is C[C@@H]1[C@@H](F)CCO[C@@H]1CN1CCC[C@@H](Cc2ccc(F)cc2)C1. The number of piperidine rings is 1. The molecule has 2 aliphatic rings. The fraction of sp³-hybridized carbons (Fsp3) is 0.684. The maximum atomic E-state index is 13.8. The summed E-state index contributed by atoms with van der Waals surface area (Å²) in [6.07, 6.45) is 3.19. The minimum atomic E-state index is -0.728. The number of nitrogens with zero attached hydrogens (tertiary/aromatic N) is 1. The summed E-state index contributed by atoms with van der Waals surface area (Å²) in [7, 11) is 0. The number of likely N-dealkylation sites (tertiary alicyclic amines) is 1. The van der Waals surface area contributed by atoms with Crippen LogP contribution in [0.5, 0.6) is 0 Å². The van der Waals surface area contributed by atoms with Crippen LogP contribution in [0.15, 0.2) is 24.3 Å². The lowest BCUT2D eigenvalue weighted by Crippen LogP contribution is -2.47. The van der Waals surface area contributed by atoms with E-state index in [9.17, 15) is 8.78 Å². The molecule has 0 aliphatic carbocycles. The number of ether oxygens (including phenoxy) is 1. The highest BCUT2D eigenvalue weighted by Gasteiger charge is 2.33. The first-order valence-electron chi connectivity index (χ1n) is 8.84. The molecule has 0 spiro atoms. The van der Waals surface area contributed by atoms with Crippen molar-refractivity contribution in [1.29, 1.82) is 0 Å². The Hall–Kier alpha value is -1.00. The monoisotopic (exact) mass is 323 g/mol. The van der Waals surface area contributed by atoms with Gasteiger partial charge in [-0.1, -0.05) is 19.1 Å². The van der Waals surface area contributed by atoms with Crippen molar-refractivity contribution < 1.29 is 13.5 Å². The van der Waals surface area contributed by atoms with Gasteiger partial charge in [-0.05, 0) is 49.4 Å². The number of benzene rings is 1. The van der Waals surface area contributed by atoms with Gasteiger partial charge in [0.1, 0.15) is 12.0 Å². The Morgan fingerprint density at radius 3 is 2.78 bits per heavy atom. The number of hydrogen-bond donors (Lipinski definition) is 0. The number of halogens is 2. The minimum absolute atomic E-state index is 0.0128. The molecule has 0 unspecified atom stereocenters. The van der Waals surface area contributed by atoms with Crippen molar-refractivity contribution in [3.8, 4) is 0 Å². The molecular formula is C19H27F2NO. The molecule has 1 aromatic rings. The first kappa shape index (κ1) is 16.8. The van der Waals surface area contributed by atoms with Gasteiger partial charge in [0.2, 0.25) is 0 Å². The van der Waals surface area contributed by atoms with Crippen molar-refractivity contribution in [2.24, 2.45) is 11.8 Å². The van der Waals surface area contributed by atoms with Crippen LogP contribution in [-0.4, -0.2) is 43.4 Å². The summed E-state index contributed by atoms with van der Waals surface area (Å²) in [6, 6.07) is 6.84. The molecule has 1 aromatic carbocycles. The maximum absolute atomic E-state index is 13.8. The zero-order valence-corrected chi connectivity index (χ0v) is 13.9. The van der Waals surface area contributed by atoms with E-state index in [1.54, 1.807) is 0 Å². The third kappa shape index (κ3) is 4.51. The molecule has 2 saturated heterocycles. The summed E-state index contributed by atoms with van der Waals surface area (Å²) < 4.78 is 32.7. The van der Waals surface area contributed by atoms with E-state index in [0.717, 1.165) is 26.1 Å². The lowest BCUT2D eigenvalue weighted by Gasteiger charge is -2.39. The van der Waals surface area contributed by atoms with E-state index in [1.165, 1.54) is 30.5 Å². The zero-order valence-electron chi connectivity index (χ0n) is 13.9. The molecule has 0 saturated carbocycles. The average Bonchev–Trinajstić information content (AvgIpc) is 2.54. The summed E-state index contributed by atoms with van der Waals surface area (Å²) in [4.78, 5) is 2.43. The van der Waals surface area contributed by atoms with Crippen LogP contribution in [0.3, 0.4) is 0 Å². The van der Waals surface area contributed by atoms with Crippen LogP contribution in [0.2, 0.25) is 0 Å². The molecule has 2 aliphatic heterocycles. The van der Waals surface area contributed by atoms with Crippen molar-refractivity contribution in [2.75, 3.05) is 26.2 Å². The maximum Gasteiger partial charge on any atom is 0.123 e. The Morgan fingerprint density at radius 1 is 1.22 bits per heavy atom. The number of hydrogen-bond acceptors (Lipinski definition) is 2. The molecule has 2 nitrogen and oxygen atoms in total. The highest BCUT2D eigenvalue weighted by Crippen LogP contribution is 2.27. The van der Waals surface area contributed by atoms with Gasteiger partial charge in [-0.3, -0.25) is 0 Å². The van der Waals surface area contributed by atoms with Gasteiger partial charge in [-0.25, -0.2) is 8.78 Å². The Morgan fingerprint density at radius 2 is 2.00 bits per heavy atom. The quantitative estimate of drug-likeness (QED) is 0.835. The van der Waals surface area contributed by atoms with E-state index >= 15 is 0 Å². The first-order chi connectivity index (χ1) is 11.1. The topological polar surface area (TPSA) is 12.5 Å². The molecule has 0 N–H and O–H groups in total. The van der Waals surface area contributed by atoms with E-state index < -0.39 is 6.17 Å². The van der Waals surface area contributed by atoms with E-state index in [4.69, 9.17) is 4.74 Å². The van der Waals surface area contributed by atoms with Crippen LogP contribution >= 0.6 is 0 Å². The van der Waals surface area contributed by atoms with Crippen LogP contribution in [0.25, 0.3) is 0 Å². The molecule has 128 valence electrons. The zero-order chi connectivity index (χ0) is 16.2. The van der Waals surface area contributed by atoms with Gasteiger partial charge in [0.15, 0.2) is 0 Å². The third-order valence-corrected chi connectivity index (χ3v) is 5.36. The molecule has 4 heteroatoms. The lowest BCUT2D eigenvalue weighted by molar-refractivity contribution is -0.0758. The lowest BCUT2D eigenvalue weighted by atomic mass is 9.89. The molecule has 0 radical (unpaired) electrons. The summed E-state index contributed by atoms with van der Waals surface area (Å²) in [6.45, 7) is 5.45. The summed E-state index contributed by atoms with van der Waals surface area (Å²) in [5, 5.41) is 0. The molecule has 2 fully saturated rings. The average molecular weight is 323 g/mol. The van der Waals surface area contributed by atoms with Gasteiger partial charge in [0, 0.05) is 32.0 Å².